The van der Waals surface area contributed by atoms with Gasteiger partial charge in [-0.05, 0) is 61.9 Å². The molecule has 2 aliphatic rings. The number of fused-ring (bicyclic) bond motifs is 4. The van der Waals surface area contributed by atoms with Crippen LogP contribution in [0.1, 0.15) is 64.2 Å². The zero-order chi connectivity index (χ0) is 27.4. The molecule has 1 aromatic carbocycles. The van der Waals surface area contributed by atoms with Gasteiger partial charge in [0.25, 0.3) is 5.91 Å². The first-order chi connectivity index (χ1) is 18.1. The van der Waals surface area contributed by atoms with Crippen molar-refractivity contribution in [3.63, 3.8) is 0 Å². The number of nitrogens with one attached hydrogen (secondary N) is 3. The molecule has 4 atom stereocenters. The van der Waals surface area contributed by atoms with Crippen molar-refractivity contribution in [3.05, 3.63) is 47.7 Å². The summed E-state index contributed by atoms with van der Waals surface area (Å²) in [5, 5.41) is 7.74. The number of aromatic nitrogens is 1. The van der Waals surface area contributed by atoms with Crippen molar-refractivity contribution in [1.29, 1.82) is 0 Å². The number of carbonyl (C=O) groups excluding carboxylic acids is 4. The summed E-state index contributed by atoms with van der Waals surface area (Å²) in [5.74, 6) is -1.76. The van der Waals surface area contributed by atoms with Crippen LogP contribution in [0.5, 0.6) is 0 Å². The predicted molar refractivity (Wildman–Crippen MR) is 142 cm³/mol. The van der Waals surface area contributed by atoms with Gasteiger partial charge in [0.15, 0.2) is 0 Å². The lowest BCUT2D eigenvalue weighted by Gasteiger charge is -2.35. The summed E-state index contributed by atoms with van der Waals surface area (Å²) in [4.78, 5) is 56.2. The van der Waals surface area contributed by atoms with E-state index < -0.39 is 36.1 Å². The number of esters is 1. The summed E-state index contributed by atoms with van der Waals surface area (Å²) < 4.78 is 5.76. The van der Waals surface area contributed by atoms with E-state index in [4.69, 9.17) is 4.74 Å². The van der Waals surface area contributed by atoms with Gasteiger partial charge in [-0.15, -0.1) is 0 Å². The van der Waals surface area contributed by atoms with Crippen molar-refractivity contribution in [1.82, 2.24) is 26.1 Å². The van der Waals surface area contributed by atoms with E-state index in [9.17, 15) is 19.2 Å². The SMILES string of the molecule is CC(C)[C@@H]1NC(=O)C/C=C/c2cnc3ccc(cc3c2)[C@@H](C)OC(=O)[C@@H]2CCCN(N2)C(=O)[C@H](C)NC1=O. The number of cyclic esters (lactones) is 1. The lowest BCUT2D eigenvalue weighted by molar-refractivity contribution is -0.157. The second-order valence-electron chi connectivity index (χ2n) is 10.2. The Morgan fingerprint density at radius 3 is 2.63 bits per heavy atom. The molecule has 1 aromatic heterocycles. The molecule has 3 N–H and O–H groups in total. The van der Waals surface area contributed by atoms with Crippen LogP contribution in [-0.2, 0) is 23.9 Å². The Labute approximate surface area is 222 Å². The van der Waals surface area contributed by atoms with Crippen LogP contribution in [0, 0.1) is 5.92 Å². The van der Waals surface area contributed by atoms with Crippen molar-refractivity contribution < 1.29 is 23.9 Å². The number of amides is 3. The van der Waals surface area contributed by atoms with E-state index in [1.807, 2.05) is 38.1 Å². The molecule has 4 rings (SSSR count). The van der Waals surface area contributed by atoms with E-state index in [1.165, 1.54) is 5.01 Å². The average molecular weight is 522 g/mol. The maximum Gasteiger partial charge on any atom is 0.325 e. The fraction of sp³-hybridized carbons (Fsp3) is 0.464. The molecule has 5 bridgehead atoms. The number of rotatable bonds is 1. The fourth-order valence-electron chi connectivity index (χ4n) is 4.62. The standard InChI is InChI=1S/C28H35N5O5/c1-16(2)25-26(35)30-17(3)27(36)33-12-6-8-23(32-33)28(37)38-18(4)20-10-11-22-21(14-20)13-19(15-29-22)7-5-9-24(34)31-25/h5,7,10-11,13-18,23,25,32H,6,8-9,12H2,1-4H3,(H,30,35)(H,31,34)/b7-5+/t17-,18+,23-,25-/m0/s1. The van der Waals surface area contributed by atoms with Gasteiger partial charge in [0, 0.05) is 24.5 Å². The smallest absolute Gasteiger partial charge is 0.325 e. The van der Waals surface area contributed by atoms with Gasteiger partial charge in [0.1, 0.15) is 24.2 Å². The Morgan fingerprint density at radius 1 is 1.08 bits per heavy atom. The quantitative estimate of drug-likeness (QED) is 0.492. The molecule has 202 valence electrons. The van der Waals surface area contributed by atoms with Crippen LogP contribution in [0.15, 0.2) is 36.5 Å². The highest BCUT2D eigenvalue weighted by atomic mass is 16.5. The zero-order valence-corrected chi connectivity index (χ0v) is 22.2. The van der Waals surface area contributed by atoms with Gasteiger partial charge in [-0.3, -0.25) is 29.2 Å². The molecule has 0 spiro atoms. The summed E-state index contributed by atoms with van der Waals surface area (Å²) in [6.07, 6.45) is 5.94. The minimum atomic E-state index is -0.860. The summed E-state index contributed by atoms with van der Waals surface area (Å²) in [6.45, 7) is 7.44. The Balaban J connectivity index is 1.64. The Bertz CT molecular complexity index is 1260. The largest absolute Gasteiger partial charge is 0.457 e. The van der Waals surface area contributed by atoms with Crippen LogP contribution in [0.2, 0.25) is 0 Å². The van der Waals surface area contributed by atoms with E-state index in [0.717, 1.165) is 22.0 Å². The van der Waals surface area contributed by atoms with E-state index >= 15 is 0 Å². The predicted octanol–water partition coefficient (Wildman–Crippen LogP) is 2.40. The molecule has 3 amide bonds. The number of ether oxygens (including phenoxy) is 1. The lowest BCUT2D eigenvalue weighted by atomic mass is 10.0. The molecule has 1 saturated heterocycles. The van der Waals surface area contributed by atoms with Crippen LogP contribution in [0.3, 0.4) is 0 Å². The van der Waals surface area contributed by atoms with Gasteiger partial charge in [-0.1, -0.05) is 32.1 Å². The molecule has 38 heavy (non-hydrogen) atoms. The summed E-state index contributed by atoms with van der Waals surface area (Å²) in [6, 6.07) is 5.29. The lowest BCUT2D eigenvalue weighted by Crippen LogP contribution is -2.61. The van der Waals surface area contributed by atoms with E-state index in [2.05, 4.69) is 21.0 Å². The Hall–Kier alpha value is -3.79. The van der Waals surface area contributed by atoms with Gasteiger partial charge in [0.2, 0.25) is 11.8 Å². The molecule has 0 unspecified atom stereocenters. The van der Waals surface area contributed by atoms with Crippen LogP contribution in [0.25, 0.3) is 17.0 Å². The van der Waals surface area contributed by atoms with Crippen molar-refractivity contribution in [2.75, 3.05) is 6.54 Å². The third kappa shape index (κ3) is 6.36. The molecular formula is C28H35N5O5. The third-order valence-corrected chi connectivity index (χ3v) is 6.83. The molecular weight excluding hydrogens is 486 g/mol. The van der Waals surface area contributed by atoms with E-state index in [0.29, 0.717) is 19.4 Å². The van der Waals surface area contributed by atoms with Gasteiger partial charge < -0.3 is 15.4 Å². The topological polar surface area (TPSA) is 130 Å². The number of benzene rings is 1. The molecule has 2 aromatic rings. The molecule has 10 nitrogen and oxygen atoms in total. The van der Waals surface area contributed by atoms with E-state index in [-0.39, 0.29) is 24.2 Å². The molecule has 1 fully saturated rings. The molecule has 10 heteroatoms. The third-order valence-electron chi connectivity index (χ3n) is 6.83. The minimum absolute atomic E-state index is 0.0785. The van der Waals surface area contributed by atoms with Crippen molar-refractivity contribution in [2.24, 2.45) is 5.92 Å². The minimum Gasteiger partial charge on any atom is -0.457 e. The Kier molecular flexibility index (Phi) is 8.41. The Morgan fingerprint density at radius 2 is 1.87 bits per heavy atom. The maximum atomic E-state index is 13.1. The first-order valence-corrected chi connectivity index (χ1v) is 13.1. The molecule has 0 radical (unpaired) electrons. The number of hydrogen-bond donors (Lipinski definition) is 3. The second kappa shape index (κ2) is 11.7. The normalized spacial score (nSPS) is 26.6. The highest BCUT2D eigenvalue weighted by Crippen LogP contribution is 2.24. The fourth-order valence-corrected chi connectivity index (χ4v) is 4.62. The van der Waals surface area contributed by atoms with Gasteiger partial charge in [-0.2, -0.15) is 0 Å². The maximum absolute atomic E-state index is 13.1. The van der Waals surface area contributed by atoms with Crippen molar-refractivity contribution in [3.8, 4) is 0 Å². The number of carbonyl (C=O) groups is 4. The first-order valence-electron chi connectivity index (χ1n) is 13.1. The van der Waals surface area contributed by atoms with Crippen molar-refractivity contribution in [2.45, 2.75) is 71.2 Å². The van der Waals surface area contributed by atoms with Crippen molar-refractivity contribution >= 4 is 40.7 Å². The highest BCUT2D eigenvalue weighted by molar-refractivity contribution is 5.92. The first kappa shape index (κ1) is 27.3. The summed E-state index contributed by atoms with van der Waals surface area (Å²) >= 11 is 0. The molecule has 2 aliphatic heterocycles. The van der Waals surface area contributed by atoms with Gasteiger partial charge in [0.05, 0.1) is 5.52 Å². The number of pyridine rings is 1. The summed E-state index contributed by atoms with van der Waals surface area (Å²) in [7, 11) is 0. The second-order valence-corrected chi connectivity index (χ2v) is 10.2. The number of hydrazine groups is 1. The van der Waals surface area contributed by atoms with Gasteiger partial charge >= 0.3 is 5.97 Å². The molecule has 0 aliphatic carbocycles. The van der Waals surface area contributed by atoms with Crippen LogP contribution in [0.4, 0.5) is 0 Å². The average Bonchev–Trinajstić information content (AvgIpc) is 2.90. The number of hydrogen-bond acceptors (Lipinski definition) is 7. The zero-order valence-electron chi connectivity index (χ0n) is 22.2. The van der Waals surface area contributed by atoms with E-state index in [1.54, 1.807) is 32.2 Å². The monoisotopic (exact) mass is 521 g/mol. The number of nitrogens with zero attached hydrogens (tertiary/aromatic N) is 2. The molecule has 3 heterocycles. The van der Waals surface area contributed by atoms with Crippen LogP contribution >= 0.6 is 0 Å². The summed E-state index contributed by atoms with van der Waals surface area (Å²) in [5.41, 5.74) is 5.40. The molecule has 0 saturated carbocycles. The highest BCUT2D eigenvalue weighted by Gasteiger charge is 2.33. The van der Waals surface area contributed by atoms with Gasteiger partial charge in [-0.25, -0.2) is 5.43 Å². The van der Waals surface area contributed by atoms with Crippen LogP contribution < -0.4 is 16.1 Å². The van der Waals surface area contributed by atoms with Crippen LogP contribution in [-0.4, -0.2) is 58.4 Å².